The molecular formula is C13H18N2O3. The second-order valence-electron chi connectivity index (χ2n) is 4.29. The van der Waals surface area contributed by atoms with Gasteiger partial charge in [0, 0.05) is 19.3 Å². The maximum absolute atomic E-state index is 12.2. The Bertz CT molecular complexity index is 428. The van der Waals surface area contributed by atoms with Crippen molar-refractivity contribution in [1.29, 1.82) is 0 Å². The van der Waals surface area contributed by atoms with Crippen LogP contribution < -0.4 is 15.8 Å². The van der Waals surface area contributed by atoms with Gasteiger partial charge in [0.15, 0.2) is 5.75 Å². The third kappa shape index (κ3) is 2.73. The second kappa shape index (κ2) is 5.73. The first kappa shape index (κ1) is 12.7. The molecule has 1 fully saturated rings. The molecule has 1 heterocycles. The summed E-state index contributed by atoms with van der Waals surface area (Å²) in [6.45, 7) is 1.39. The van der Waals surface area contributed by atoms with Gasteiger partial charge in [-0.2, -0.15) is 0 Å². The molecule has 3 N–H and O–H groups in total. The van der Waals surface area contributed by atoms with E-state index >= 15 is 0 Å². The van der Waals surface area contributed by atoms with Crippen molar-refractivity contribution >= 4 is 11.6 Å². The predicted octanol–water partition coefficient (Wildman–Crippen LogP) is 1.19. The van der Waals surface area contributed by atoms with Crippen LogP contribution in [0.2, 0.25) is 0 Å². The van der Waals surface area contributed by atoms with Crippen LogP contribution in [0, 0.1) is 0 Å². The van der Waals surface area contributed by atoms with Crippen LogP contribution in [-0.2, 0) is 4.74 Å². The summed E-state index contributed by atoms with van der Waals surface area (Å²) in [5.41, 5.74) is 6.72. The van der Waals surface area contributed by atoms with Crippen molar-refractivity contribution in [2.24, 2.45) is 0 Å². The number of nitrogen functional groups attached to an aromatic ring is 1. The molecule has 0 atom stereocenters. The van der Waals surface area contributed by atoms with E-state index in [9.17, 15) is 4.79 Å². The predicted molar refractivity (Wildman–Crippen MR) is 68.7 cm³/mol. The number of methoxy groups -OCH3 is 1. The summed E-state index contributed by atoms with van der Waals surface area (Å²) >= 11 is 0. The fourth-order valence-electron chi connectivity index (χ4n) is 2.07. The second-order valence-corrected chi connectivity index (χ2v) is 4.29. The van der Waals surface area contributed by atoms with Crippen LogP contribution in [0.5, 0.6) is 5.75 Å². The van der Waals surface area contributed by atoms with Gasteiger partial charge in [0.25, 0.3) is 5.91 Å². The number of hydrogen-bond donors (Lipinski definition) is 2. The van der Waals surface area contributed by atoms with Crippen LogP contribution in [-0.4, -0.2) is 32.3 Å². The average molecular weight is 250 g/mol. The first-order chi connectivity index (χ1) is 8.72. The van der Waals surface area contributed by atoms with E-state index in [2.05, 4.69) is 5.32 Å². The third-order valence-corrected chi connectivity index (χ3v) is 3.05. The highest BCUT2D eigenvalue weighted by atomic mass is 16.5. The number of nitrogens with two attached hydrogens (primary N) is 1. The van der Waals surface area contributed by atoms with Crippen molar-refractivity contribution in [3.63, 3.8) is 0 Å². The molecule has 1 aliphatic rings. The van der Waals surface area contributed by atoms with E-state index in [-0.39, 0.29) is 11.9 Å². The van der Waals surface area contributed by atoms with Gasteiger partial charge in [-0.15, -0.1) is 0 Å². The normalized spacial score (nSPS) is 16.3. The van der Waals surface area contributed by atoms with Crippen LogP contribution in [0.1, 0.15) is 23.2 Å². The van der Waals surface area contributed by atoms with Gasteiger partial charge in [-0.1, -0.05) is 6.07 Å². The highest BCUT2D eigenvalue weighted by molar-refractivity contribution is 5.98. The highest BCUT2D eigenvalue weighted by Gasteiger charge is 2.20. The Morgan fingerprint density at radius 3 is 2.83 bits per heavy atom. The van der Waals surface area contributed by atoms with Crippen LogP contribution in [0.3, 0.4) is 0 Å². The number of para-hydroxylation sites is 1. The smallest absolute Gasteiger partial charge is 0.255 e. The van der Waals surface area contributed by atoms with Gasteiger partial charge in [-0.3, -0.25) is 4.79 Å². The lowest BCUT2D eigenvalue weighted by molar-refractivity contribution is 0.0695. The van der Waals surface area contributed by atoms with Gasteiger partial charge >= 0.3 is 0 Å². The molecule has 0 unspecified atom stereocenters. The minimum absolute atomic E-state index is 0.147. The van der Waals surface area contributed by atoms with E-state index in [1.165, 1.54) is 7.11 Å². The number of nitrogens with one attached hydrogen (secondary N) is 1. The monoisotopic (exact) mass is 250 g/mol. The quantitative estimate of drug-likeness (QED) is 0.790. The fourth-order valence-corrected chi connectivity index (χ4v) is 2.07. The Morgan fingerprint density at radius 2 is 2.17 bits per heavy atom. The first-order valence-corrected chi connectivity index (χ1v) is 6.03. The van der Waals surface area contributed by atoms with Crippen molar-refractivity contribution in [3.8, 4) is 5.75 Å². The van der Waals surface area contributed by atoms with Gasteiger partial charge in [0.2, 0.25) is 0 Å². The Balaban J connectivity index is 2.10. The Labute approximate surface area is 106 Å². The highest BCUT2D eigenvalue weighted by Crippen LogP contribution is 2.26. The average Bonchev–Trinajstić information content (AvgIpc) is 2.39. The van der Waals surface area contributed by atoms with E-state index in [1.807, 2.05) is 0 Å². The molecule has 0 radical (unpaired) electrons. The standard InChI is InChI=1S/C13H18N2O3/c1-17-12-10(3-2-4-11(12)14)13(16)15-9-5-7-18-8-6-9/h2-4,9H,5-8,14H2,1H3,(H,15,16). The Morgan fingerprint density at radius 1 is 1.44 bits per heavy atom. The van der Waals surface area contributed by atoms with E-state index in [0.29, 0.717) is 30.2 Å². The molecule has 1 aromatic rings. The zero-order chi connectivity index (χ0) is 13.0. The van der Waals surface area contributed by atoms with Crippen molar-refractivity contribution in [1.82, 2.24) is 5.32 Å². The number of carbonyl (C=O) groups is 1. The fraction of sp³-hybridized carbons (Fsp3) is 0.462. The minimum Gasteiger partial charge on any atom is -0.494 e. The van der Waals surface area contributed by atoms with Crippen LogP contribution in [0.15, 0.2) is 18.2 Å². The van der Waals surface area contributed by atoms with Crippen LogP contribution in [0.4, 0.5) is 5.69 Å². The summed E-state index contributed by atoms with van der Waals surface area (Å²) in [5.74, 6) is 0.285. The summed E-state index contributed by atoms with van der Waals surface area (Å²) in [4.78, 5) is 12.2. The molecule has 1 aromatic carbocycles. The van der Waals surface area contributed by atoms with Crippen LogP contribution in [0.25, 0.3) is 0 Å². The summed E-state index contributed by atoms with van der Waals surface area (Å²) < 4.78 is 10.4. The van der Waals surface area contributed by atoms with Crippen molar-refractivity contribution in [2.45, 2.75) is 18.9 Å². The zero-order valence-electron chi connectivity index (χ0n) is 10.4. The first-order valence-electron chi connectivity index (χ1n) is 6.03. The molecule has 0 aliphatic carbocycles. The maximum atomic E-state index is 12.2. The largest absolute Gasteiger partial charge is 0.494 e. The number of hydrogen-bond acceptors (Lipinski definition) is 4. The number of carbonyl (C=O) groups excluding carboxylic acids is 1. The van der Waals surface area contributed by atoms with Gasteiger partial charge in [-0.25, -0.2) is 0 Å². The van der Waals surface area contributed by atoms with E-state index < -0.39 is 0 Å². The van der Waals surface area contributed by atoms with Gasteiger partial charge in [0.05, 0.1) is 18.4 Å². The molecule has 0 saturated carbocycles. The minimum atomic E-state index is -0.147. The summed E-state index contributed by atoms with van der Waals surface area (Å²) in [5, 5.41) is 2.98. The molecule has 1 amide bonds. The molecule has 2 rings (SSSR count). The Kier molecular flexibility index (Phi) is 4.04. The molecule has 5 heteroatoms. The lowest BCUT2D eigenvalue weighted by Crippen LogP contribution is -2.39. The molecule has 18 heavy (non-hydrogen) atoms. The summed E-state index contributed by atoms with van der Waals surface area (Å²) in [7, 11) is 1.51. The molecule has 98 valence electrons. The molecule has 0 bridgehead atoms. The number of benzene rings is 1. The van der Waals surface area contributed by atoms with E-state index in [4.69, 9.17) is 15.2 Å². The third-order valence-electron chi connectivity index (χ3n) is 3.05. The molecule has 1 saturated heterocycles. The topological polar surface area (TPSA) is 73.6 Å². The molecular weight excluding hydrogens is 232 g/mol. The van der Waals surface area contributed by atoms with Gasteiger partial charge in [-0.05, 0) is 25.0 Å². The van der Waals surface area contributed by atoms with Gasteiger partial charge < -0.3 is 20.5 Å². The maximum Gasteiger partial charge on any atom is 0.255 e. The van der Waals surface area contributed by atoms with Crippen molar-refractivity contribution in [2.75, 3.05) is 26.1 Å². The van der Waals surface area contributed by atoms with Crippen molar-refractivity contribution < 1.29 is 14.3 Å². The zero-order valence-corrected chi connectivity index (χ0v) is 10.4. The SMILES string of the molecule is COc1c(N)cccc1C(=O)NC1CCOCC1. The van der Waals surface area contributed by atoms with Gasteiger partial charge in [0.1, 0.15) is 0 Å². The van der Waals surface area contributed by atoms with Crippen LogP contribution >= 0.6 is 0 Å². The molecule has 0 spiro atoms. The number of anilines is 1. The number of amides is 1. The summed E-state index contributed by atoms with van der Waals surface area (Å²) in [6, 6.07) is 5.34. The van der Waals surface area contributed by atoms with E-state index in [0.717, 1.165) is 12.8 Å². The van der Waals surface area contributed by atoms with E-state index in [1.54, 1.807) is 18.2 Å². The number of ether oxygens (including phenoxy) is 2. The van der Waals surface area contributed by atoms with Crippen molar-refractivity contribution in [3.05, 3.63) is 23.8 Å². The Hall–Kier alpha value is -1.75. The molecule has 0 aromatic heterocycles. The molecule has 1 aliphatic heterocycles. The lowest BCUT2D eigenvalue weighted by atomic mass is 10.1. The lowest BCUT2D eigenvalue weighted by Gasteiger charge is -2.23. The number of rotatable bonds is 3. The molecule has 5 nitrogen and oxygen atoms in total. The summed E-state index contributed by atoms with van der Waals surface area (Å²) in [6.07, 6.45) is 1.69.